The van der Waals surface area contributed by atoms with E-state index < -0.39 is 23.5 Å². The van der Waals surface area contributed by atoms with Crippen molar-refractivity contribution >= 4 is 17.7 Å². The molecule has 4 fully saturated rings. The van der Waals surface area contributed by atoms with Gasteiger partial charge in [-0.15, -0.1) is 13.2 Å². The molecule has 1 saturated carbocycles. The maximum atomic E-state index is 14.6. The van der Waals surface area contributed by atoms with E-state index in [0.717, 1.165) is 37.7 Å². The Kier molecular flexibility index (Phi) is 9.84. The van der Waals surface area contributed by atoms with Crippen molar-refractivity contribution in [3.05, 3.63) is 61.2 Å². The molecule has 3 saturated heterocycles. The Morgan fingerprint density at radius 2 is 1.74 bits per heavy atom. The van der Waals surface area contributed by atoms with Gasteiger partial charge >= 0.3 is 0 Å². The molecular formula is C34H47N3O5. The minimum atomic E-state index is -1.00. The van der Waals surface area contributed by atoms with Crippen LogP contribution >= 0.6 is 0 Å². The summed E-state index contributed by atoms with van der Waals surface area (Å²) in [6.45, 7) is 9.55. The summed E-state index contributed by atoms with van der Waals surface area (Å²) < 4.78 is 6.72. The second-order valence-corrected chi connectivity index (χ2v) is 12.4. The number of rotatable bonds is 14. The zero-order chi connectivity index (χ0) is 29.7. The van der Waals surface area contributed by atoms with Crippen molar-refractivity contribution in [1.82, 2.24) is 14.7 Å². The van der Waals surface area contributed by atoms with Gasteiger partial charge in [-0.25, -0.2) is 0 Å². The lowest BCUT2D eigenvalue weighted by atomic mass is 9.70. The highest BCUT2D eigenvalue weighted by Gasteiger charge is 2.74. The van der Waals surface area contributed by atoms with Crippen molar-refractivity contribution in [2.75, 3.05) is 26.2 Å². The van der Waals surface area contributed by atoms with E-state index in [1.807, 2.05) is 35.2 Å². The van der Waals surface area contributed by atoms with Gasteiger partial charge in [0.1, 0.15) is 11.6 Å². The Labute approximate surface area is 250 Å². The molecule has 1 N–H and O–H groups in total. The number of hydrogen-bond acceptors (Lipinski definition) is 5. The lowest BCUT2D eigenvalue weighted by molar-refractivity contribution is -0.150. The Morgan fingerprint density at radius 1 is 1.00 bits per heavy atom. The van der Waals surface area contributed by atoms with Crippen molar-refractivity contribution in [1.29, 1.82) is 0 Å². The molecule has 228 valence electrons. The van der Waals surface area contributed by atoms with Gasteiger partial charge in [-0.2, -0.15) is 0 Å². The van der Waals surface area contributed by atoms with Gasteiger partial charge in [-0.3, -0.25) is 14.4 Å². The molecule has 8 nitrogen and oxygen atoms in total. The minimum absolute atomic E-state index is 0.0687. The zero-order valence-electron chi connectivity index (χ0n) is 24.9. The third-order valence-corrected chi connectivity index (χ3v) is 9.88. The number of aliphatic hydroxyl groups excluding tert-OH is 1. The number of amides is 3. The second-order valence-electron chi connectivity index (χ2n) is 12.4. The van der Waals surface area contributed by atoms with Crippen molar-refractivity contribution in [3.8, 4) is 0 Å². The highest BCUT2D eigenvalue weighted by molar-refractivity contribution is 5.99. The molecule has 1 aromatic carbocycles. The molecule has 3 amide bonds. The van der Waals surface area contributed by atoms with Crippen molar-refractivity contribution in [3.63, 3.8) is 0 Å². The second kappa shape index (κ2) is 13.6. The number of carbonyl (C=O) groups is 3. The van der Waals surface area contributed by atoms with E-state index in [-0.39, 0.29) is 36.5 Å². The van der Waals surface area contributed by atoms with Gasteiger partial charge in [0.2, 0.25) is 17.7 Å². The molecule has 1 aromatic rings. The first kappa shape index (κ1) is 30.5. The molecule has 3 heterocycles. The smallest absolute Gasteiger partial charge is 0.248 e. The summed E-state index contributed by atoms with van der Waals surface area (Å²) in [7, 11) is 0. The molecule has 1 aliphatic carbocycles. The van der Waals surface area contributed by atoms with Crippen LogP contribution in [-0.4, -0.2) is 87.6 Å². The van der Waals surface area contributed by atoms with Crippen molar-refractivity contribution in [2.24, 2.45) is 11.8 Å². The number of unbranched alkanes of at least 4 members (excludes halogenated alkanes) is 2. The summed E-state index contributed by atoms with van der Waals surface area (Å²) >= 11 is 0. The van der Waals surface area contributed by atoms with Gasteiger partial charge in [0.05, 0.1) is 17.9 Å². The monoisotopic (exact) mass is 577 g/mol. The zero-order valence-corrected chi connectivity index (χ0v) is 24.9. The van der Waals surface area contributed by atoms with Gasteiger partial charge in [-0.05, 0) is 50.5 Å². The Hall–Kier alpha value is -2.97. The van der Waals surface area contributed by atoms with Crippen LogP contribution in [0.5, 0.6) is 0 Å². The average Bonchev–Trinajstić information content (AvgIpc) is 3.65. The fourth-order valence-electron chi connectivity index (χ4n) is 8.04. The van der Waals surface area contributed by atoms with Gasteiger partial charge in [-0.1, -0.05) is 61.7 Å². The van der Waals surface area contributed by atoms with Gasteiger partial charge in [0, 0.05) is 38.8 Å². The lowest BCUT2D eigenvalue weighted by Gasteiger charge is -2.40. The SMILES string of the molecule is C=CCN(Cc1ccccc1)C(=O)[C@@H]1[C@@H]2CCC3(O2)C(C(=O)N(CC=C)C2CCCCC2)N(CCCCCO)C(=O)[C@H]13. The molecule has 8 heteroatoms. The Balaban J connectivity index is 1.47. The van der Waals surface area contributed by atoms with E-state index in [1.165, 1.54) is 6.42 Å². The van der Waals surface area contributed by atoms with Crippen LogP contribution in [0.15, 0.2) is 55.6 Å². The largest absolute Gasteiger partial charge is 0.396 e. The first-order valence-corrected chi connectivity index (χ1v) is 15.9. The molecule has 2 unspecified atom stereocenters. The number of fused-ring (bicyclic) bond motifs is 1. The molecule has 4 aliphatic rings. The number of ether oxygens (including phenoxy) is 1. The van der Waals surface area contributed by atoms with Crippen LogP contribution in [-0.2, 0) is 25.7 Å². The van der Waals surface area contributed by atoms with Crippen LogP contribution in [0.25, 0.3) is 0 Å². The normalized spacial score (nSPS) is 28.5. The maximum Gasteiger partial charge on any atom is 0.248 e. The topological polar surface area (TPSA) is 90.4 Å². The number of aliphatic hydroxyl groups is 1. The molecule has 5 atom stereocenters. The van der Waals surface area contributed by atoms with Crippen molar-refractivity contribution in [2.45, 2.75) is 94.5 Å². The third kappa shape index (κ3) is 5.68. The highest BCUT2D eigenvalue weighted by Crippen LogP contribution is 2.59. The number of hydrogen-bond donors (Lipinski definition) is 1. The van der Waals surface area contributed by atoms with Gasteiger partial charge in [0.15, 0.2) is 0 Å². The van der Waals surface area contributed by atoms with E-state index in [9.17, 15) is 19.5 Å². The quantitative estimate of drug-likeness (QED) is 0.266. The van der Waals surface area contributed by atoms with Crippen LogP contribution in [0.3, 0.4) is 0 Å². The van der Waals surface area contributed by atoms with E-state index in [2.05, 4.69) is 13.2 Å². The van der Waals surface area contributed by atoms with Crippen LogP contribution in [0.2, 0.25) is 0 Å². The number of carbonyl (C=O) groups excluding carboxylic acids is 3. The Bertz CT molecular complexity index is 1140. The molecular weight excluding hydrogens is 530 g/mol. The number of nitrogens with zero attached hydrogens (tertiary/aromatic N) is 3. The van der Waals surface area contributed by atoms with Crippen LogP contribution < -0.4 is 0 Å². The Morgan fingerprint density at radius 3 is 2.43 bits per heavy atom. The van der Waals surface area contributed by atoms with E-state index >= 15 is 0 Å². The van der Waals surface area contributed by atoms with E-state index in [4.69, 9.17) is 4.74 Å². The average molecular weight is 578 g/mol. The fourth-order valence-corrected chi connectivity index (χ4v) is 8.04. The van der Waals surface area contributed by atoms with Gasteiger partial charge < -0.3 is 24.5 Å². The summed E-state index contributed by atoms with van der Waals surface area (Å²) in [5.74, 6) is -1.63. The molecule has 1 spiro atoms. The predicted molar refractivity (Wildman–Crippen MR) is 161 cm³/mol. The first-order valence-electron chi connectivity index (χ1n) is 15.9. The van der Waals surface area contributed by atoms with Crippen molar-refractivity contribution < 1.29 is 24.2 Å². The molecule has 0 radical (unpaired) electrons. The molecule has 3 aliphatic heterocycles. The highest BCUT2D eigenvalue weighted by atomic mass is 16.5. The number of likely N-dealkylation sites (tertiary alicyclic amines) is 1. The van der Waals surface area contributed by atoms with E-state index in [0.29, 0.717) is 51.9 Å². The number of benzene rings is 1. The fraction of sp³-hybridized carbons (Fsp3) is 0.618. The summed E-state index contributed by atoms with van der Waals surface area (Å²) in [6, 6.07) is 9.20. The third-order valence-electron chi connectivity index (χ3n) is 9.88. The standard InChI is InChI=1S/C34H47N3O5/c1-3-20-35(24-25-14-8-5-9-15-25)31(39)28-27-18-19-34(42-27)29(28)32(40)37(22-12-7-13-23-38)30(34)33(41)36(21-4-2)26-16-10-6-11-17-26/h3-5,8-9,14-15,26-30,38H,1-2,6-7,10-13,16-24H2/t27-,28+,29-,30?,34?/m0/s1. The predicted octanol–water partition coefficient (Wildman–Crippen LogP) is 4.09. The lowest BCUT2D eigenvalue weighted by Crippen LogP contribution is -2.58. The summed E-state index contributed by atoms with van der Waals surface area (Å²) in [5, 5.41) is 9.32. The molecule has 42 heavy (non-hydrogen) atoms. The van der Waals surface area contributed by atoms with Crippen LogP contribution in [0, 0.1) is 11.8 Å². The summed E-state index contributed by atoms with van der Waals surface area (Å²) in [4.78, 5) is 48.7. The summed E-state index contributed by atoms with van der Waals surface area (Å²) in [5.41, 5.74) is 0.00643. The van der Waals surface area contributed by atoms with Crippen LogP contribution in [0.4, 0.5) is 0 Å². The molecule has 0 aromatic heterocycles. The minimum Gasteiger partial charge on any atom is -0.396 e. The maximum absolute atomic E-state index is 14.6. The van der Waals surface area contributed by atoms with Gasteiger partial charge in [0.25, 0.3) is 0 Å². The van der Waals surface area contributed by atoms with Crippen LogP contribution in [0.1, 0.15) is 69.8 Å². The summed E-state index contributed by atoms with van der Waals surface area (Å²) in [6.07, 6.45) is 11.7. The first-order chi connectivity index (χ1) is 20.5. The van der Waals surface area contributed by atoms with E-state index in [1.54, 1.807) is 22.0 Å². The molecule has 5 rings (SSSR count). The molecule has 2 bridgehead atoms.